The maximum Gasteiger partial charge on any atom is 0.211 e. The van der Waals surface area contributed by atoms with Crippen LogP contribution in [0.25, 0.3) is 5.65 Å². The monoisotopic (exact) mass is 445 g/mol. The second-order valence-electron chi connectivity index (χ2n) is 8.06. The van der Waals surface area contributed by atoms with Crippen molar-refractivity contribution in [2.45, 2.75) is 35.6 Å². The van der Waals surface area contributed by atoms with E-state index in [0.717, 1.165) is 53.9 Å². The van der Waals surface area contributed by atoms with Crippen LogP contribution in [0.15, 0.2) is 34.4 Å². The van der Waals surface area contributed by atoms with Gasteiger partial charge in [-0.3, -0.25) is 4.40 Å². The predicted octanol–water partition coefficient (Wildman–Crippen LogP) is 2.76. The number of anilines is 2. The Morgan fingerprint density at radius 1 is 1.27 bits per heavy atom. The molecule has 2 fully saturated rings. The smallest absolute Gasteiger partial charge is 0.211 e. The summed E-state index contributed by atoms with van der Waals surface area (Å²) >= 11 is 7.95. The third kappa shape index (κ3) is 3.30. The van der Waals surface area contributed by atoms with Gasteiger partial charge in [-0.25, -0.2) is 15.0 Å². The highest BCUT2D eigenvalue weighted by atomic mass is 35.5. The summed E-state index contributed by atoms with van der Waals surface area (Å²) in [6.07, 6.45) is 7.62. The maximum absolute atomic E-state index is 6.45. The van der Waals surface area contributed by atoms with Gasteiger partial charge in [0.25, 0.3) is 0 Å². The van der Waals surface area contributed by atoms with Gasteiger partial charge in [0, 0.05) is 48.0 Å². The molecule has 2 saturated heterocycles. The van der Waals surface area contributed by atoms with Crippen LogP contribution in [0.5, 0.6) is 0 Å². The number of hydrogen-bond donors (Lipinski definition) is 2. The SMILES string of the molecule is Cc1nc(N)cc(Sc2cnc(N3CCC4(CC3)COCC4N)n3ccnc23)c1Cl. The molecule has 0 aliphatic carbocycles. The van der Waals surface area contributed by atoms with Gasteiger partial charge in [0.1, 0.15) is 5.82 Å². The first-order valence-electron chi connectivity index (χ1n) is 9.98. The van der Waals surface area contributed by atoms with Crippen LogP contribution in [0.3, 0.4) is 0 Å². The average molecular weight is 446 g/mol. The van der Waals surface area contributed by atoms with E-state index in [4.69, 9.17) is 32.8 Å². The Bertz CT molecular complexity index is 1100. The summed E-state index contributed by atoms with van der Waals surface area (Å²) in [4.78, 5) is 17.6. The lowest BCUT2D eigenvalue weighted by Gasteiger charge is -2.41. The third-order valence-corrected chi connectivity index (χ3v) is 7.86. The van der Waals surface area contributed by atoms with Crippen LogP contribution in [-0.2, 0) is 4.74 Å². The lowest BCUT2D eigenvalue weighted by atomic mass is 9.75. The topological polar surface area (TPSA) is 108 Å². The molecule has 4 N–H and O–H groups in total. The molecule has 0 saturated carbocycles. The fourth-order valence-electron chi connectivity index (χ4n) is 4.37. The number of ether oxygens (including phenoxy) is 1. The van der Waals surface area contributed by atoms with Crippen molar-refractivity contribution < 1.29 is 4.74 Å². The highest BCUT2D eigenvalue weighted by Gasteiger charge is 2.44. The molecule has 8 nitrogen and oxygen atoms in total. The van der Waals surface area contributed by atoms with Crippen molar-refractivity contribution in [3.63, 3.8) is 0 Å². The molecule has 5 heterocycles. The van der Waals surface area contributed by atoms with Gasteiger partial charge in [-0.15, -0.1) is 0 Å². The molecule has 3 aromatic heterocycles. The second kappa shape index (κ2) is 7.56. The van der Waals surface area contributed by atoms with E-state index in [1.165, 1.54) is 11.8 Å². The molecule has 0 radical (unpaired) electrons. The fourth-order valence-corrected chi connectivity index (χ4v) is 5.59. The summed E-state index contributed by atoms with van der Waals surface area (Å²) < 4.78 is 7.68. The van der Waals surface area contributed by atoms with Gasteiger partial charge in [0.15, 0.2) is 5.65 Å². The Morgan fingerprint density at radius 3 is 2.80 bits per heavy atom. The Morgan fingerprint density at radius 2 is 2.07 bits per heavy atom. The van der Waals surface area contributed by atoms with E-state index in [9.17, 15) is 0 Å². The van der Waals surface area contributed by atoms with E-state index >= 15 is 0 Å². The number of aromatic nitrogens is 4. The summed E-state index contributed by atoms with van der Waals surface area (Å²) in [6, 6.07) is 1.91. The highest BCUT2D eigenvalue weighted by Crippen LogP contribution is 2.41. The fraction of sp³-hybridized carbons (Fsp3) is 0.450. The minimum atomic E-state index is 0.107. The highest BCUT2D eigenvalue weighted by molar-refractivity contribution is 7.99. The van der Waals surface area contributed by atoms with Gasteiger partial charge in [-0.05, 0) is 25.8 Å². The summed E-state index contributed by atoms with van der Waals surface area (Å²) in [7, 11) is 0. The Balaban J connectivity index is 1.43. The normalized spacial score (nSPS) is 21.0. The van der Waals surface area contributed by atoms with Crippen LogP contribution < -0.4 is 16.4 Å². The Kier molecular flexibility index (Phi) is 5.01. The first-order valence-corrected chi connectivity index (χ1v) is 11.2. The van der Waals surface area contributed by atoms with Crippen LogP contribution in [0, 0.1) is 12.3 Å². The molecule has 158 valence electrons. The molecule has 2 aliphatic heterocycles. The lowest BCUT2D eigenvalue weighted by molar-refractivity contribution is 0.131. The van der Waals surface area contributed by atoms with Gasteiger partial charge in [0.2, 0.25) is 5.95 Å². The van der Waals surface area contributed by atoms with Crippen molar-refractivity contribution in [1.29, 1.82) is 0 Å². The predicted molar refractivity (Wildman–Crippen MR) is 118 cm³/mol. The lowest BCUT2D eigenvalue weighted by Crippen LogP contribution is -2.49. The zero-order valence-corrected chi connectivity index (χ0v) is 18.3. The molecule has 5 rings (SSSR count). The van der Waals surface area contributed by atoms with E-state index in [0.29, 0.717) is 23.1 Å². The molecule has 0 bridgehead atoms. The molecular weight excluding hydrogens is 422 g/mol. The first kappa shape index (κ1) is 19.9. The molecule has 1 unspecified atom stereocenters. The number of aryl methyl sites for hydroxylation is 1. The van der Waals surface area contributed by atoms with Crippen LogP contribution in [0.2, 0.25) is 5.02 Å². The van der Waals surface area contributed by atoms with Crippen molar-refractivity contribution in [3.05, 3.63) is 35.4 Å². The van der Waals surface area contributed by atoms with Crippen molar-refractivity contribution in [3.8, 4) is 0 Å². The van der Waals surface area contributed by atoms with Crippen molar-refractivity contribution in [2.75, 3.05) is 36.9 Å². The van der Waals surface area contributed by atoms with Crippen molar-refractivity contribution in [2.24, 2.45) is 11.1 Å². The number of fused-ring (bicyclic) bond motifs is 1. The number of nitrogen functional groups attached to an aromatic ring is 1. The van der Waals surface area contributed by atoms with Crippen molar-refractivity contribution >= 4 is 40.8 Å². The Labute approximate surface area is 184 Å². The van der Waals surface area contributed by atoms with E-state index in [2.05, 4.69) is 14.9 Å². The minimum absolute atomic E-state index is 0.107. The molecule has 0 aromatic carbocycles. The number of pyridine rings is 1. The quantitative estimate of drug-likeness (QED) is 0.633. The molecule has 30 heavy (non-hydrogen) atoms. The van der Waals surface area contributed by atoms with E-state index < -0.39 is 0 Å². The summed E-state index contributed by atoms with van der Waals surface area (Å²) in [5.41, 5.74) is 13.9. The number of rotatable bonds is 3. The molecule has 1 atom stereocenters. The van der Waals surface area contributed by atoms with E-state index in [-0.39, 0.29) is 11.5 Å². The summed E-state index contributed by atoms with van der Waals surface area (Å²) in [5.74, 6) is 1.34. The third-order valence-electron chi connectivity index (χ3n) is 6.22. The standard InChI is InChI=1S/C20H24ClN7OS/c1-12-17(21)13(8-16(23)26-12)30-14-9-25-19(28-7-4-24-18(14)28)27-5-2-20(3-6-27)11-29-10-15(20)22/h4,7-9,15H,2-3,5-6,10-11,22H2,1H3,(H2,23,26). The number of nitrogens with zero attached hydrogens (tertiary/aromatic N) is 5. The maximum atomic E-state index is 6.45. The largest absolute Gasteiger partial charge is 0.384 e. The van der Waals surface area contributed by atoms with Crippen LogP contribution in [0.1, 0.15) is 18.5 Å². The van der Waals surface area contributed by atoms with E-state index in [1.807, 2.05) is 23.7 Å². The molecule has 0 amide bonds. The number of hydrogen-bond acceptors (Lipinski definition) is 8. The molecule has 1 spiro atoms. The van der Waals surface area contributed by atoms with Crippen LogP contribution in [-0.4, -0.2) is 51.7 Å². The minimum Gasteiger partial charge on any atom is -0.384 e. The van der Waals surface area contributed by atoms with Crippen LogP contribution in [0.4, 0.5) is 11.8 Å². The molecule has 3 aromatic rings. The molecule has 10 heteroatoms. The zero-order valence-electron chi connectivity index (χ0n) is 16.7. The number of imidazole rings is 1. The molecular formula is C20H24ClN7OS. The summed E-state index contributed by atoms with van der Waals surface area (Å²) in [6.45, 7) is 5.07. The zero-order chi connectivity index (χ0) is 20.9. The second-order valence-corrected chi connectivity index (χ2v) is 9.52. The van der Waals surface area contributed by atoms with Crippen molar-refractivity contribution in [1.82, 2.24) is 19.4 Å². The number of piperidine rings is 1. The van der Waals surface area contributed by atoms with Gasteiger partial charge in [0.05, 0.1) is 28.8 Å². The Hall–Kier alpha value is -2.07. The van der Waals surface area contributed by atoms with Gasteiger partial charge < -0.3 is 21.1 Å². The molecule has 2 aliphatic rings. The van der Waals surface area contributed by atoms with Gasteiger partial charge in [-0.2, -0.15) is 0 Å². The first-order chi connectivity index (χ1) is 14.5. The van der Waals surface area contributed by atoms with Gasteiger partial charge >= 0.3 is 0 Å². The number of nitrogens with two attached hydrogens (primary N) is 2. The number of halogens is 1. The van der Waals surface area contributed by atoms with Crippen LogP contribution >= 0.6 is 23.4 Å². The van der Waals surface area contributed by atoms with Gasteiger partial charge in [-0.1, -0.05) is 23.4 Å². The average Bonchev–Trinajstić information content (AvgIpc) is 3.35. The summed E-state index contributed by atoms with van der Waals surface area (Å²) in [5, 5.41) is 0.597. The van der Waals surface area contributed by atoms with E-state index in [1.54, 1.807) is 12.3 Å².